The van der Waals surface area contributed by atoms with E-state index in [4.69, 9.17) is 0 Å². The van der Waals surface area contributed by atoms with Gasteiger partial charge >= 0.3 is 0 Å². The molecule has 0 aromatic rings. The zero-order chi connectivity index (χ0) is 16.3. The molecule has 6 heteroatoms. The smallest absolute Gasteiger partial charge is 0.223 e. The molecular formula is C17H30N2O3S. The molecule has 1 amide bonds. The minimum atomic E-state index is -3.08. The van der Waals surface area contributed by atoms with Crippen molar-refractivity contribution < 1.29 is 13.2 Å². The Hall–Kier alpha value is -0.620. The first-order valence-corrected chi connectivity index (χ1v) is 11.0. The van der Waals surface area contributed by atoms with Gasteiger partial charge in [-0.2, -0.15) is 0 Å². The van der Waals surface area contributed by atoms with Gasteiger partial charge in [-0.05, 0) is 51.0 Å². The highest BCUT2D eigenvalue weighted by atomic mass is 32.2. The van der Waals surface area contributed by atoms with E-state index >= 15 is 0 Å². The average molecular weight is 343 g/mol. The molecule has 1 saturated heterocycles. The van der Waals surface area contributed by atoms with Crippen LogP contribution in [0.3, 0.4) is 0 Å². The molecule has 0 bridgehead atoms. The number of nitrogens with zero attached hydrogens (tertiary/aromatic N) is 1. The number of hydrogen-bond acceptors (Lipinski definition) is 4. The predicted molar refractivity (Wildman–Crippen MR) is 91.0 cm³/mol. The van der Waals surface area contributed by atoms with Crippen molar-refractivity contribution in [1.29, 1.82) is 0 Å². The van der Waals surface area contributed by atoms with Gasteiger partial charge in [0.1, 0.15) is 0 Å². The molecule has 132 valence electrons. The van der Waals surface area contributed by atoms with Gasteiger partial charge in [0.2, 0.25) is 5.91 Å². The molecule has 23 heavy (non-hydrogen) atoms. The fourth-order valence-electron chi connectivity index (χ4n) is 3.79. The van der Waals surface area contributed by atoms with E-state index in [2.05, 4.69) is 5.32 Å². The fraction of sp³-hybridized carbons (Fsp3) is 0.941. The number of piperidine rings is 1. The second kappa shape index (κ2) is 7.51. The monoisotopic (exact) mass is 342 g/mol. The van der Waals surface area contributed by atoms with Gasteiger partial charge in [-0.1, -0.05) is 12.8 Å². The zero-order valence-corrected chi connectivity index (χ0v) is 14.8. The van der Waals surface area contributed by atoms with Crippen LogP contribution in [0.25, 0.3) is 0 Å². The highest BCUT2D eigenvalue weighted by Crippen LogP contribution is 2.28. The van der Waals surface area contributed by atoms with Crippen LogP contribution in [-0.2, 0) is 14.6 Å². The number of sulfone groups is 1. The molecule has 2 saturated carbocycles. The minimum absolute atomic E-state index is 0.0206. The zero-order valence-electron chi connectivity index (χ0n) is 14.0. The summed E-state index contributed by atoms with van der Waals surface area (Å²) in [6.07, 6.45) is 8.47. The molecule has 3 aliphatic rings. The number of carbonyl (C=O) groups excluding carboxylic acids is 1. The molecule has 0 aromatic heterocycles. The first kappa shape index (κ1) is 17.2. The molecule has 1 heterocycles. The van der Waals surface area contributed by atoms with Crippen LogP contribution >= 0.6 is 0 Å². The second-order valence-corrected chi connectivity index (χ2v) is 9.93. The van der Waals surface area contributed by atoms with E-state index in [-0.39, 0.29) is 23.3 Å². The summed E-state index contributed by atoms with van der Waals surface area (Å²) in [4.78, 5) is 14.1. The normalized spacial score (nSPS) is 24.3. The van der Waals surface area contributed by atoms with Crippen LogP contribution < -0.4 is 5.32 Å². The Morgan fingerprint density at radius 3 is 2.26 bits per heavy atom. The molecule has 3 rings (SSSR count). The van der Waals surface area contributed by atoms with Crippen molar-refractivity contribution in [2.24, 2.45) is 5.92 Å². The van der Waals surface area contributed by atoms with Crippen molar-refractivity contribution in [3.8, 4) is 0 Å². The Bertz CT molecular complexity index is 502. The van der Waals surface area contributed by atoms with Crippen molar-refractivity contribution in [3.05, 3.63) is 0 Å². The molecule has 2 aliphatic carbocycles. The van der Waals surface area contributed by atoms with Crippen LogP contribution in [0.2, 0.25) is 0 Å². The summed E-state index contributed by atoms with van der Waals surface area (Å²) in [5, 5.41) is 3.42. The first-order chi connectivity index (χ1) is 11.0. The van der Waals surface area contributed by atoms with Gasteiger partial charge in [0.15, 0.2) is 9.84 Å². The number of likely N-dealkylation sites (tertiary alicyclic amines) is 1. The lowest BCUT2D eigenvalue weighted by Crippen LogP contribution is -2.45. The van der Waals surface area contributed by atoms with Gasteiger partial charge < -0.3 is 10.2 Å². The molecule has 0 aromatic carbocycles. The summed E-state index contributed by atoms with van der Waals surface area (Å²) in [6.45, 7) is 2.66. The third-order valence-electron chi connectivity index (χ3n) is 5.65. The van der Waals surface area contributed by atoms with Crippen LogP contribution in [0.5, 0.6) is 0 Å². The molecule has 0 unspecified atom stereocenters. The number of amides is 1. The van der Waals surface area contributed by atoms with Gasteiger partial charge in [-0.3, -0.25) is 4.79 Å². The minimum Gasteiger partial charge on any atom is -0.343 e. The summed E-state index contributed by atoms with van der Waals surface area (Å²) in [5.74, 6) is 0.943. The lowest BCUT2D eigenvalue weighted by atomic mass is 10.0. The summed E-state index contributed by atoms with van der Waals surface area (Å²) >= 11 is 0. The largest absolute Gasteiger partial charge is 0.343 e. The average Bonchev–Trinajstić information content (AvgIpc) is 3.21. The SMILES string of the molecule is O=C(CCS(=O)(=O)C1CCCC1)N1CCC(NCC2CC2)CC1. The fourth-order valence-corrected chi connectivity index (χ4v) is 5.63. The van der Waals surface area contributed by atoms with E-state index in [1.54, 1.807) is 0 Å². The molecule has 0 atom stereocenters. The molecule has 1 aliphatic heterocycles. The Morgan fingerprint density at radius 2 is 1.65 bits per heavy atom. The van der Waals surface area contributed by atoms with E-state index in [0.717, 1.165) is 64.1 Å². The topological polar surface area (TPSA) is 66.5 Å². The maximum absolute atomic E-state index is 12.3. The third-order valence-corrected chi connectivity index (χ3v) is 7.91. The molecule has 5 nitrogen and oxygen atoms in total. The van der Waals surface area contributed by atoms with Crippen LogP contribution in [0.4, 0.5) is 0 Å². The second-order valence-electron chi connectivity index (χ2n) is 7.53. The number of carbonyl (C=O) groups is 1. The van der Waals surface area contributed by atoms with Crippen molar-refractivity contribution in [2.45, 2.75) is 69.1 Å². The van der Waals surface area contributed by atoms with E-state index < -0.39 is 9.84 Å². The van der Waals surface area contributed by atoms with Gasteiger partial charge in [-0.25, -0.2) is 8.42 Å². The van der Waals surface area contributed by atoms with Crippen LogP contribution in [-0.4, -0.2) is 55.9 Å². The number of hydrogen-bond donors (Lipinski definition) is 1. The number of rotatable bonds is 7. The van der Waals surface area contributed by atoms with Crippen molar-refractivity contribution in [1.82, 2.24) is 10.2 Å². The van der Waals surface area contributed by atoms with E-state index in [0.29, 0.717) is 6.04 Å². The van der Waals surface area contributed by atoms with Crippen LogP contribution in [0.15, 0.2) is 0 Å². The summed E-state index contributed by atoms with van der Waals surface area (Å²) in [6, 6.07) is 0.530. The van der Waals surface area contributed by atoms with Crippen molar-refractivity contribution in [2.75, 3.05) is 25.4 Å². The Labute approximate surface area is 140 Å². The number of nitrogens with one attached hydrogen (secondary N) is 1. The molecular weight excluding hydrogens is 312 g/mol. The molecule has 0 radical (unpaired) electrons. The highest BCUT2D eigenvalue weighted by molar-refractivity contribution is 7.92. The highest BCUT2D eigenvalue weighted by Gasteiger charge is 2.30. The van der Waals surface area contributed by atoms with E-state index in [1.807, 2.05) is 4.90 Å². The van der Waals surface area contributed by atoms with Crippen molar-refractivity contribution >= 4 is 15.7 Å². The maximum atomic E-state index is 12.3. The molecule has 0 spiro atoms. The van der Waals surface area contributed by atoms with Gasteiger partial charge in [-0.15, -0.1) is 0 Å². The molecule has 3 fully saturated rings. The van der Waals surface area contributed by atoms with Gasteiger partial charge in [0.25, 0.3) is 0 Å². The Kier molecular flexibility index (Phi) is 5.62. The standard InChI is InChI=1S/C17H30N2O3S/c20-17(9-12-23(21,22)16-3-1-2-4-16)19-10-7-15(8-11-19)18-13-14-5-6-14/h14-16,18H,1-13H2. The lowest BCUT2D eigenvalue weighted by Gasteiger charge is -2.32. The maximum Gasteiger partial charge on any atom is 0.223 e. The van der Waals surface area contributed by atoms with Crippen molar-refractivity contribution in [3.63, 3.8) is 0 Å². The lowest BCUT2D eigenvalue weighted by molar-refractivity contribution is -0.131. The summed E-state index contributed by atoms with van der Waals surface area (Å²) < 4.78 is 24.5. The van der Waals surface area contributed by atoms with Crippen LogP contribution in [0.1, 0.15) is 57.8 Å². The quantitative estimate of drug-likeness (QED) is 0.765. The predicted octanol–water partition coefficient (Wildman–Crippen LogP) is 1.72. The summed E-state index contributed by atoms with van der Waals surface area (Å²) in [7, 11) is -3.08. The third kappa shape index (κ3) is 4.92. The first-order valence-electron chi connectivity index (χ1n) is 9.27. The van der Waals surface area contributed by atoms with Crippen LogP contribution in [0, 0.1) is 5.92 Å². The Balaban J connectivity index is 1.37. The van der Waals surface area contributed by atoms with Gasteiger partial charge in [0, 0.05) is 25.6 Å². The van der Waals surface area contributed by atoms with Gasteiger partial charge in [0.05, 0.1) is 11.0 Å². The molecule has 1 N–H and O–H groups in total. The summed E-state index contributed by atoms with van der Waals surface area (Å²) in [5.41, 5.74) is 0. The van der Waals surface area contributed by atoms with E-state index in [9.17, 15) is 13.2 Å². The van der Waals surface area contributed by atoms with E-state index in [1.165, 1.54) is 12.8 Å². The Morgan fingerprint density at radius 1 is 1.00 bits per heavy atom.